The molecule has 1 aromatic rings. The zero-order chi connectivity index (χ0) is 20.5. The predicted molar refractivity (Wildman–Crippen MR) is 114 cm³/mol. The van der Waals surface area contributed by atoms with Gasteiger partial charge < -0.3 is 14.8 Å². The van der Waals surface area contributed by atoms with E-state index in [1.54, 1.807) is 25.6 Å². The number of carbonyl (C=O) groups is 3. The van der Waals surface area contributed by atoms with Crippen LogP contribution in [0.2, 0.25) is 0 Å². The minimum absolute atomic E-state index is 0.0709. The van der Waals surface area contributed by atoms with Crippen LogP contribution in [0.5, 0.6) is 0 Å². The number of esters is 2. The minimum Gasteiger partial charge on any atom is -0.462 e. The Morgan fingerprint density at radius 1 is 1.18 bits per heavy atom. The van der Waals surface area contributed by atoms with E-state index in [0.29, 0.717) is 21.9 Å². The van der Waals surface area contributed by atoms with Crippen LogP contribution in [0.4, 0.5) is 5.00 Å². The summed E-state index contributed by atoms with van der Waals surface area (Å²) in [6.07, 6.45) is 8.08. The van der Waals surface area contributed by atoms with Gasteiger partial charge >= 0.3 is 11.9 Å². The van der Waals surface area contributed by atoms with E-state index in [4.69, 9.17) is 9.47 Å². The van der Waals surface area contributed by atoms with E-state index in [2.05, 4.69) is 5.32 Å². The average molecular weight is 428 g/mol. The average Bonchev–Trinajstić information content (AvgIpc) is 2.99. The molecule has 0 radical (unpaired) electrons. The molecular formula is C20H29NO5S2. The van der Waals surface area contributed by atoms with Gasteiger partial charge in [0.05, 0.1) is 12.2 Å². The molecule has 1 amide bonds. The smallest absolute Gasteiger partial charge is 0.348 e. The van der Waals surface area contributed by atoms with Crippen LogP contribution in [0.1, 0.15) is 77.5 Å². The van der Waals surface area contributed by atoms with Gasteiger partial charge in [-0.2, -0.15) is 11.8 Å². The molecule has 28 heavy (non-hydrogen) atoms. The number of amides is 1. The van der Waals surface area contributed by atoms with Crippen LogP contribution < -0.4 is 5.32 Å². The molecule has 1 saturated carbocycles. The number of ether oxygens (including phenoxy) is 2. The molecule has 0 bridgehead atoms. The number of rotatable bonds is 9. The zero-order valence-electron chi connectivity index (χ0n) is 16.8. The van der Waals surface area contributed by atoms with Crippen molar-refractivity contribution in [2.75, 3.05) is 23.9 Å². The van der Waals surface area contributed by atoms with Crippen molar-refractivity contribution in [2.45, 2.75) is 64.9 Å². The lowest BCUT2D eigenvalue weighted by molar-refractivity contribution is -0.116. The second-order valence-corrected chi connectivity index (χ2v) is 8.80. The van der Waals surface area contributed by atoms with Crippen LogP contribution in [0.3, 0.4) is 0 Å². The van der Waals surface area contributed by atoms with E-state index in [9.17, 15) is 14.4 Å². The molecule has 8 heteroatoms. The van der Waals surface area contributed by atoms with Crippen LogP contribution >= 0.6 is 23.1 Å². The third kappa shape index (κ3) is 6.24. The van der Waals surface area contributed by atoms with E-state index in [0.717, 1.165) is 49.2 Å². The number of thioether (sulfide) groups is 1. The number of anilines is 1. The van der Waals surface area contributed by atoms with Gasteiger partial charge in [0.2, 0.25) is 5.91 Å². The summed E-state index contributed by atoms with van der Waals surface area (Å²) in [7, 11) is 0. The van der Waals surface area contributed by atoms with Gasteiger partial charge in [-0.1, -0.05) is 6.42 Å². The van der Waals surface area contributed by atoms with Crippen molar-refractivity contribution in [1.29, 1.82) is 0 Å². The Morgan fingerprint density at radius 2 is 1.89 bits per heavy atom. The fourth-order valence-electron chi connectivity index (χ4n) is 3.20. The molecule has 1 aliphatic carbocycles. The standard InChI is InChI=1S/C20H29NO5S2/c1-4-25-19(23)16-13(2)17(20(24)26-14-9-6-5-7-10-14)28-18(16)21-15(22)11-8-12-27-3/h14H,4-12H2,1-3H3,(H,21,22). The first-order valence-electron chi connectivity index (χ1n) is 9.78. The topological polar surface area (TPSA) is 81.7 Å². The summed E-state index contributed by atoms with van der Waals surface area (Å²) >= 11 is 2.77. The van der Waals surface area contributed by atoms with E-state index in [1.807, 2.05) is 6.26 Å². The maximum Gasteiger partial charge on any atom is 0.348 e. The summed E-state index contributed by atoms with van der Waals surface area (Å²) in [6.45, 7) is 3.64. The number of thiophene rings is 1. The third-order valence-electron chi connectivity index (χ3n) is 4.64. The highest BCUT2D eigenvalue weighted by molar-refractivity contribution is 7.98. The molecule has 2 rings (SSSR count). The van der Waals surface area contributed by atoms with Gasteiger partial charge in [0.15, 0.2) is 0 Å². The Bertz CT molecular complexity index is 695. The lowest BCUT2D eigenvalue weighted by atomic mass is 9.98. The van der Waals surface area contributed by atoms with Crippen molar-refractivity contribution in [2.24, 2.45) is 0 Å². The van der Waals surface area contributed by atoms with Crippen LogP contribution in [0, 0.1) is 6.92 Å². The lowest BCUT2D eigenvalue weighted by Crippen LogP contribution is -2.21. The lowest BCUT2D eigenvalue weighted by Gasteiger charge is -2.21. The molecule has 0 atom stereocenters. The van der Waals surface area contributed by atoms with Crippen molar-refractivity contribution >= 4 is 45.9 Å². The fourth-order valence-corrected chi connectivity index (χ4v) is 4.73. The Balaban J connectivity index is 2.19. The zero-order valence-corrected chi connectivity index (χ0v) is 18.4. The Kier molecular flexibility index (Phi) is 9.31. The van der Waals surface area contributed by atoms with Crippen LogP contribution in [-0.2, 0) is 14.3 Å². The van der Waals surface area contributed by atoms with Crippen LogP contribution in [0.25, 0.3) is 0 Å². The molecule has 1 N–H and O–H groups in total. The van der Waals surface area contributed by atoms with Crippen LogP contribution in [0.15, 0.2) is 0 Å². The van der Waals surface area contributed by atoms with Crippen molar-refractivity contribution in [3.8, 4) is 0 Å². The van der Waals surface area contributed by atoms with E-state index >= 15 is 0 Å². The maximum atomic E-state index is 12.7. The normalized spacial score (nSPS) is 14.5. The molecule has 0 saturated heterocycles. The monoisotopic (exact) mass is 427 g/mol. The number of hydrogen-bond donors (Lipinski definition) is 1. The molecule has 0 unspecified atom stereocenters. The van der Waals surface area contributed by atoms with Crippen molar-refractivity contribution in [3.05, 3.63) is 16.0 Å². The predicted octanol–water partition coefficient (Wildman–Crippen LogP) is 4.80. The van der Waals surface area contributed by atoms with Crippen molar-refractivity contribution < 1.29 is 23.9 Å². The van der Waals surface area contributed by atoms with Gasteiger partial charge in [-0.25, -0.2) is 9.59 Å². The molecule has 0 aromatic carbocycles. The SMILES string of the molecule is CCOC(=O)c1c(NC(=O)CCCSC)sc(C(=O)OC2CCCCC2)c1C. The molecule has 1 aromatic heterocycles. The van der Waals surface area contributed by atoms with Crippen molar-refractivity contribution in [3.63, 3.8) is 0 Å². The minimum atomic E-state index is -0.535. The highest BCUT2D eigenvalue weighted by atomic mass is 32.2. The summed E-state index contributed by atoms with van der Waals surface area (Å²) in [5.74, 6) is -0.246. The second kappa shape index (κ2) is 11.5. The van der Waals surface area contributed by atoms with E-state index in [1.165, 1.54) is 6.42 Å². The molecule has 1 heterocycles. The van der Waals surface area contributed by atoms with Gasteiger partial charge in [-0.3, -0.25) is 4.79 Å². The Hall–Kier alpha value is -1.54. The van der Waals surface area contributed by atoms with Gasteiger partial charge in [0.25, 0.3) is 0 Å². The summed E-state index contributed by atoms with van der Waals surface area (Å²) in [6, 6.07) is 0. The number of carbonyl (C=O) groups excluding carboxylic acids is 3. The molecule has 1 fully saturated rings. The fraction of sp³-hybridized carbons (Fsp3) is 0.650. The molecular weight excluding hydrogens is 398 g/mol. The summed E-state index contributed by atoms with van der Waals surface area (Å²) in [5.41, 5.74) is 0.754. The second-order valence-electron chi connectivity index (χ2n) is 6.79. The number of nitrogens with one attached hydrogen (secondary N) is 1. The van der Waals surface area contributed by atoms with Crippen LogP contribution in [-0.4, -0.2) is 42.6 Å². The number of hydrogen-bond acceptors (Lipinski definition) is 7. The highest BCUT2D eigenvalue weighted by Crippen LogP contribution is 2.35. The van der Waals surface area contributed by atoms with Gasteiger partial charge in [-0.15, -0.1) is 11.3 Å². The van der Waals surface area contributed by atoms with Gasteiger partial charge in [0, 0.05) is 6.42 Å². The first-order chi connectivity index (χ1) is 13.5. The van der Waals surface area contributed by atoms with Gasteiger partial charge in [-0.05, 0) is 63.5 Å². The molecule has 0 aliphatic heterocycles. The summed E-state index contributed by atoms with van der Waals surface area (Å²) < 4.78 is 10.8. The largest absolute Gasteiger partial charge is 0.462 e. The molecule has 6 nitrogen and oxygen atoms in total. The maximum absolute atomic E-state index is 12.7. The van der Waals surface area contributed by atoms with E-state index in [-0.39, 0.29) is 24.2 Å². The molecule has 0 spiro atoms. The van der Waals surface area contributed by atoms with E-state index < -0.39 is 11.9 Å². The molecule has 1 aliphatic rings. The first-order valence-corrected chi connectivity index (χ1v) is 12.0. The highest BCUT2D eigenvalue weighted by Gasteiger charge is 2.29. The third-order valence-corrected chi connectivity index (χ3v) is 6.53. The summed E-state index contributed by atoms with van der Waals surface area (Å²) in [5, 5.41) is 3.15. The quantitative estimate of drug-likeness (QED) is 0.450. The first kappa shape index (κ1) is 22.7. The van der Waals surface area contributed by atoms with Gasteiger partial charge in [0.1, 0.15) is 16.0 Å². The summed E-state index contributed by atoms with van der Waals surface area (Å²) in [4.78, 5) is 37.7. The van der Waals surface area contributed by atoms with Crippen molar-refractivity contribution in [1.82, 2.24) is 0 Å². The molecule has 156 valence electrons. The Labute approximate surface area is 174 Å². The Morgan fingerprint density at radius 3 is 2.54 bits per heavy atom.